The van der Waals surface area contributed by atoms with Crippen molar-refractivity contribution < 1.29 is 14.3 Å². The van der Waals surface area contributed by atoms with Crippen molar-refractivity contribution in [3.63, 3.8) is 0 Å². The van der Waals surface area contributed by atoms with Crippen molar-refractivity contribution in [2.75, 3.05) is 20.2 Å². The molecule has 2 heterocycles. The molecule has 0 aliphatic carbocycles. The normalized spacial score (nSPS) is 21.4. The average Bonchev–Trinajstić information content (AvgIpc) is 3.01. The lowest BCUT2D eigenvalue weighted by Crippen LogP contribution is -2.41. The molecule has 1 aromatic rings. The fraction of sp³-hybridized carbons (Fsp3) is 0.471. The number of piperidine rings is 1. The zero-order valence-corrected chi connectivity index (χ0v) is 14.3. The highest BCUT2D eigenvalue weighted by molar-refractivity contribution is 6.12. The number of benzene rings is 1. The lowest BCUT2D eigenvalue weighted by Gasteiger charge is -2.31. The molecule has 0 saturated carbocycles. The van der Waals surface area contributed by atoms with Crippen molar-refractivity contribution in [2.24, 2.45) is 21.2 Å². The van der Waals surface area contributed by atoms with Gasteiger partial charge in [0.1, 0.15) is 5.75 Å². The lowest BCUT2D eigenvalue weighted by molar-refractivity contribution is -0.130. The van der Waals surface area contributed by atoms with Crippen LogP contribution in [0.5, 0.6) is 5.75 Å². The van der Waals surface area contributed by atoms with E-state index in [0.717, 1.165) is 18.6 Å². The predicted molar refractivity (Wildman–Crippen MR) is 91.9 cm³/mol. The van der Waals surface area contributed by atoms with Crippen LogP contribution in [0.15, 0.2) is 39.6 Å². The number of methoxy groups -OCH3 is 1. The molecule has 0 aromatic heterocycles. The maximum Gasteiger partial charge on any atom is 0.272 e. The summed E-state index contributed by atoms with van der Waals surface area (Å²) in [7, 11) is 1.60. The minimum atomic E-state index is -0.698. The predicted octanol–water partition coefficient (Wildman–Crippen LogP) is 1.89. The fourth-order valence-corrected chi connectivity index (χ4v) is 3.07. The zero-order valence-electron chi connectivity index (χ0n) is 14.3. The summed E-state index contributed by atoms with van der Waals surface area (Å²) in [6.45, 7) is 2.93. The molecule has 1 fully saturated rings. The van der Waals surface area contributed by atoms with E-state index >= 15 is 0 Å². The van der Waals surface area contributed by atoms with Gasteiger partial charge in [-0.05, 0) is 37.1 Å². The molecule has 0 unspecified atom stereocenters. The van der Waals surface area contributed by atoms with Gasteiger partial charge in [0, 0.05) is 25.9 Å². The number of amides is 2. The van der Waals surface area contributed by atoms with E-state index in [-0.39, 0.29) is 17.7 Å². The summed E-state index contributed by atoms with van der Waals surface area (Å²) in [5.74, 6) is 0.685. The Kier molecular flexibility index (Phi) is 5.06. The van der Waals surface area contributed by atoms with E-state index < -0.39 is 6.04 Å². The van der Waals surface area contributed by atoms with Gasteiger partial charge in [-0.15, -0.1) is 0 Å². The van der Waals surface area contributed by atoms with Gasteiger partial charge in [0.2, 0.25) is 5.91 Å². The molecule has 3 rings (SSSR count). The molecule has 0 bridgehead atoms. The van der Waals surface area contributed by atoms with Crippen LogP contribution >= 0.6 is 0 Å². The fourth-order valence-electron chi connectivity index (χ4n) is 3.07. The Morgan fingerprint density at radius 1 is 1.28 bits per heavy atom. The lowest BCUT2D eigenvalue weighted by atomic mass is 9.88. The highest BCUT2D eigenvalue weighted by Gasteiger charge is 2.37. The van der Waals surface area contributed by atoms with Crippen LogP contribution in [0.3, 0.4) is 0 Å². The second kappa shape index (κ2) is 7.42. The van der Waals surface area contributed by atoms with Crippen LogP contribution in [-0.2, 0) is 9.59 Å². The van der Waals surface area contributed by atoms with Crippen LogP contribution in [0, 0.1) is 5.92 Å². The Hall–Kier alpha value is -2.77. The number of carbonyl (C=O) groups excluding carboxylic acids is 2. The number of rotatable bonds is 4. The first-order valence-corrected chi connectivity index (χ1v) is 8.26. The summed E-state index contributed by atoms with van der Waals surface area (Å²) in [5, 5.41) is 12.5. The zero-order chi connectivity index (χ0) is 17.8. The quantitative estimate of drug-likeness (QED) is 0.846. The van der Waals surface area contributed by atoms with Crippen LogP contribution in [-0.4, -0.2) is 48.7 Å². The molecule has 25 heavy (non-hydrogen) atoms. The van der Waals surface area contributed by atoms with Crippen LogP contribution in [0.25, 0.3) is 0 Å². The van der Waals surface area contributed by atoms with Gasteiger partial charge in [-0.3, -0.25) is 9.59 Å². The minimum Gasteiger partial charge on any atom is -0.497 e. The van der Waals surface area contributed by atoms with Crippen molar-refractivity contribution in [2.45, 2.75) is 25.8 Å². The van der Waals surface area contributed by atoms with Gasteiger partial charge in [0.25, 0.3) is 5.91 Å². The Bertz CT molecular complexity index is 705. The molecule has 2 aliphatic heterocycles. The number of hydrazone groups is 1. The number of nitrogens with zero attached hydrogens (tertiary/aromatic N) is 4. The Labute approximate surface area is 145 Å². The average molecular weight is 343 g/mol. The van der Waals surface area contributed by atoms with Crippen molar-refractivity contribution in [1.29, 1.82) is 0 Å². The summed E-state index contributed by atoms with van der Waals surface area (Å²) in [5.41, 5.74) is 3.86. The van der Waals surface area contributed by atoms with Crippen molar-refractivity contribution in [3.8, 4) is 5.75 Å². The van der Waals surface area contributed by atoms with Crippen LogP contribution in [0.1, 0.15) is 19.8 Å². The van der Waals surface area contributed by atoms with Gasteiger partial charge in [-0.2, -0.15) is 15.3 Å². The van der Waals surface area contributed by atoms with E-state index in [9.17, 15) is 9.59 Å². The van der Waals surface area contributed by atoms with E-state index in [1.807, 2.05) is 4.90 Å². The summed E-state index contributed by atoms with van der Waals surface area (Å²) < 4.78 is 5.10. The second-order valence-electron chi connectivity index (χ2n) is 6.11. The standard InChI is InChI=1S/C17H21N5O3/c1-11(23)22-9-7-12(8-10-22)15-16(17(24)21-19-15)20-18-13-3-5-14(25-2)6-4-13/h3-6,12,16H,7-10H2,1-2H3,(H,21,24)/t16-/m1/s1. The Morgan fingerprint density at radius 2 is 1.96 bits per heavy atom. The van der Waals surface area contributed by atoms with Crippen LogP contribution in [0.2, 0.25) is 0 Å². The van der Waals surface area contributed by atoms with E-state index in [1.165, 1.54) is 0 Å². The number of ether oxygens (including phenoxy) is 1. The molecule has 1 atom stereocenters. The molecule has 8 nitrogen and oxygen atoms in total. The Morgan fingerprint density at radius 3 is 2.56 bits per heavy atom. The highest BCUT2D eigenvalue weighted by Crippen LogP contribution is 2.25. The monoisotopic (exact) mass is 343 g/mol. The first-order chi connectivity index (χ1) is 12.1. The summed E-state index contributed by atoms with van der Waals surface area (Å²) in [6.07, 6.45) is 1.56. The van der Waals surface area contributed by atoms with Gasteiger partial charge in [-0.1, -0.05) is 0 Å². The second-order valence-corrected chi connectivity index (χ2v) is 6.11. The first kappa shape index (κ1) is 17.1. The maximum absolute atomic E-state index is 12.1. The molecule has 1 saturated heterocycles. The molecule has 8 heteroatoms. The topological polar surface area (TPSA) is 95.7 Å². The van der Waals surface area contributed by atoms with E-state index in [4.69, 9.17) is 4.74 Å². The van der Waals surface area contributed by atoms with E-state index in [1.54, 1.807) is 38.3 Å². The maximum atomic E-state index is 12.1. The third-order valence-corrected chi connectivity index (χ3v) is 4.54. The van der Waals surface area contributed by atoms with E-state index in [2.05, 4.69) is 20.8 Å². The molecular weight excluding hydrogens is 322 g/mol. The summed E-state index contributed by atoms with van der Waals surface area (Å²) >= 11 is 0. The number of nitrogens with one attached hydrogen (secondary N) is 1. The molecule has 132 valence electrons. The summed E-state index contributed by atoms with van der Waals surface area (Å²) in [4.78, 5) is 25.3. The number of hydrogen-bond acceptors (Lipinski definition) is 6. The molecule has 0 spiro atoms. The Balaban J connectivity index is 1.67. The molecular formula is C17H21N5O3. The van der Waals surface area contributed by atoms with Crippen LogP contribution in [0.4, 0.5) is 5.69 Å². The van der Waals surface area contributed by atoms with Crippen LogP contribution < -0.4 is 10.2 Å². The molecule has 1 aromatic carbocycles. The van der Waals surface area contributed by atoms with Crippen molar-refractivity contribution >= 4 is 23.2 Å². The molecule has 0 radical (unpaired) electrons. The summed E-state index contributed by atoms with van der Waals surface area (Å²) in [6, 6.07) is 6.43. The number of carbonyl (C=O) groups is 2. The SMILES string of the molecule is COc1ccc(N=N[C@H]2C(=O)NN=C2C2CCN(C(C)=O)CC2)cc1. The minimum absolute atomic E-state index is 0.0803. The van der Waals surface area contributed by atoms with Gasteiger partial charge < -0.3 is 9.64 Å². The van der Waals surface area contributed by atoms with E-state index in [0.29, 0.717) is 24.5 Å². The number of azo groups is 1. The largest absolute Gasteiger partial charge is 0.497 e. The van der Waals surface area contributed by atoms with Gasteiger partial charge in [-0.25, -0.2) is 5.43 Å². The van der Waals surface area contributed by atoms with Gasteiger partial charge in [0.05, 0.1) is 18.5 Å². The molecule has 2 amide bonds. The van der Waals surface area contributed by atoms with Crippen molar-refractivity contribution in [3.05, 3.63) is 24.3 Å². The van der Waals surface area contributed by atoms with Gasteiger partial charge in [0.15, 0.2) is 6.04 Å². The molecule has 2 aliphatic rings. The molecule has 1 N–H and O–H groups in total. The third-order valence-electron chi connectivity index (χ3n) is 4.54. The smallest absolute Gasteiger partial charge is 0.272 e. The number of likely N-dealkylation sites (tertiary alicyclic amines) is 1. The third kappa shape index (κ3) is 3.84. The van der Waals surface area contributed by atoms with Gasteiger partial charge >= 0.3 is 0 Å². The van der Waals surface area contributed by atoms with Crippen molar-refractivity contribution in [1.82, 2.24) is 10.3 Å². The number of hydrogen-bond donors (Lipinski definition) is 1. The highest BCUT2D eigenvalue weighted by atomic mass is 16.5. The first-order valence-electron chi connectivity index (χ1n) is 8.26.